The first-order valence-electron chi connectivity index (χ1n) is 9.32. The van der Waals surface area contributed by atoms with Gasteiger partial charge in [-0.15, -0.1) is 0 Å². The lowest BCUT2D eigenvalue weighted by Crippen LogP contribution is -2.51. The Balaban J connectivity index is 1.46. The summed E-state index contributed by atoms with van der Waals surface area (Å²) < 4.78 is 39.1. The standard InChI is InChI=1S/C20H21F3N4O/c1-14-24-16(20(21,22)23)13-17(25-14)26-9-11-27(12-10-26)18(28)19(7-8-19)15-5-3-2-4-6-15/h2-6,13H,7-12H2,1H3. The summed E-state index contributed by atoms with van der Waals surface area (Å²) in [6, 6.07) is 10.8. The quantitative estimate of drug-likeness (QED) is 0.808. The number of benzene rings is 1. The van der Waals surface area contributed by atoms with Crippen molar-refractivity contribution in [1.82, 2.24) is 14.9 Å². The summed E-state index contributed by atoms with van der Waals surface area (Å²) in [6.45, 7) is 3.29. The largest absolute Gasteiger partial charge is 0.433 e. The second kappa shape index (κ2) is 6.76. The summed E-state index contributed by atoms with van der Waals surface area (Å²) in [5, 5.41) is 0. The van der Waals surface area contributed by atoms with Gasteiger partial charge in [0.2, 0.25) is 5.91 Å². The molecule has 0 bridgehead atoms. The molecule has 1 saturated carbocycles. The lowest BCUT2D eigenvalue weighted by Gasteiger charge is -2.37. The number of anilines is 1. The van der Waals surface area contributed by atoms with Gasteiger partial charge >= 0.3 is 6.18 Å². The number of halogens is 3. The van der Waals surface area contributed by atoms with Crippen LogP contribution >= 0.6 is 0 Å². The highest BCUT2D eigenvalue weighted by Crippen LogP contribution is 2.49. The van der Waals surface area contributed by atoms with E-state index in [1.807, 2.05) is 35.2 Å². The van der Waals surface area contributed by atoms with Crippen LogP contribution in [0.2, 0.25) is 0 Å². The molecule has 1 saturated heterocycles. The van der Waals surface area contributed by atoms with E-state index in [0.29, 0.717) is 26.2 Å². The molecule has 1 aromatic heterocycles. The van der Waals surface area contributed by atoms with E-state index in [-0.39, 0.29) is 17.5 Å². The number of carbonyl (C=O) groups is 1. The van der Waals surface area contributed by atoms with Crippen molar-refractivity contribution in [1.29, 1.82) is 0 Å². The van der Waals surface area contributed by atoms with Crippen LogP contribution in [0, 0.1) is 6.92 Å². The Labute approximate surface area is 161 Å². The monoisotopic (exact) mass is 390 g/mol. The third-order valence-electron chi connectivity index (χ3n) is 5.49. The number of alkyl halides is 3. The molecule has 0 atom stereocenters. The van der Waals surface area contributed by atoms with Gasteiger partial charge in [-0.2, -0.15) is 13.2 Å². The lowest BCUT2D eigenvalue weighted by atomic mass is 9.94. The average molecular weight is 390 g/mol. The molecule has 1 aliphatic carbocycles. The molecule has 0 radical (unpaired) electrons. The van der Waals surface area contributed by atoms with Gasteiger partial charge in [0, 0.05) is 32.2 Å². The Bertz CT molecular complexity index is 873. The normalized spacial score (nSPS) is 18.9. The minimum atomic E-state index is -4.51. The number of nitrogens with zero attached hydrogens (tertiary/aromatic N) is 4. The summed E-state index contributed by atoms with van der Waals surface area (Å²) in [4.78, 5) is 24.4. The van der Waals surface area contributed by atoms with E-state index in [1.165, 1.54) is 6.92 Å². The molecule has 0 spiro atoms. The van der Waals surface area contributed by atoms with Gasteiger partial charge in [-0.25, -0.2) is 9.97 Å². The molecule has 4 rings (SSSR count). The Morgan fingerprint density at radius 1 is 1.04 bits per heavy atom. The van der Waals surface area contributed by atoms with Gasteiger partial charge in [0.1, 0.15) is 17.3 Å². The van der Waals surface area contributed by atoms with Crippen molar-refractivity contribution in [3.63, 3.8) is 0 Å². The summed E-state index contributed by atoms with van der Waals surface area (Å²) in [6.07, 6.45) is -2.82. The Morgan fingerprint density at radius 3 is 2.25 bits per heavy atom. The maximum absolute atomic E-state index is 13.1. The van der Waals surface area contributed by atoms with Crippen molar-refractivity contribution in [2.24, 2.45) is 0 Å². The van der Waals surface area contributed by atoms with Crippen LogP contribution in [0.25, 0.3) is 0 Å². The molecule has 5 nitrogen and oxygen atoms in total. The van der Waals surface area contributed by atoms with Gasteiger partial charge in [0.25, 0.3) is 0 Å². The van der Waals surface area contributed by atoms with Gasteiger partial charge in [-0.05, 0) is 25.3 Å². The molecular weight excluding hydrogens is 369 g/mol. The molecule has 148 valence electrons. The molecule has 28 heavy (non-hydrogen) atoms. The van der Waals surface area contributed by atoms with Gasteiger partial charge in [0.15, 0.2) is 0 Å². The Morgan fingerprint density at radius 2 is 1.68 bits per heavy atom. The van der Waals surface area contributed by atoms with Gasteiger partial charge < -0.3 is 9.80 Å². The summed E-state index contributed by atoms with van der Waals surface area (Å²) in [5.74, 6) is 0.466. The lowest BCUT2D eigenvalue weighted by molar-refractivity contribution is -0.141. The van der Waals surface area contributed by atoms with Crippen molar-refractivity contribution < 1.29 is 18.0 Å². The SMILES string of the molecule is Cc1nc(N2CCN(C(=O)C3(c4ccccc4)CC3)CC2)cc(C(F)(F)F)n1. The smallest absolute Gasteiger partial charge is 0.353 e. The third kappa shape index (κ3) is 3.43. The summed E-state index contributed by atoms with van der Waals surface area (Å²) in [5.41, 5.74) is -0.309. The van der Waals surface area contributed by atoms with Crippen molar-refractivity contribution in [3.05, 3.63) is 53.5 Å². The van der Waals surface area contributed by atoms with Gasteiger partial charge in [-0.3, -0.25) is 4.79 Å². The average Bonchev–Trinajstić information content (AvgIpc) is 3.49. The van der Waals surface area contributed by atoms with Crippen LogP contribution in [0.3, 0.4) is 0 Å². The van der Waals surface area contributed by atoms with Crippen molar-refractivity contribution in [2.75, 3.05) is 31.1 Å². The van der Waals surface area contributed by atoms with E-state index in [1.54, 1.807) is 4.90 Å². The van der Waals surface area contributed by atoms with E-state index in [2.05, 4.69) is 9.97 Å². The van der Waals surface area contributed by atoms with Crippen LogP contribution in [0.4, 0.5) is 19.0 Å². The Kier molecular flexibility index (Phi) is 4.51. The fourth-order valence-electron chi connectivity index (χ4n) is 3.81. The van der Waals surface area contributed by atoms with E-state index >= 15 is 0 Å². The van der Waals surface area contributed by atoms with Crippen molar-refractivity contribution in [3.8, 4) is 0 Å². The zero-order valence-corrected chi connectivity index (χ0v) is 15.5. The third-order valence-corrected chi connectivity index (χ3v) is 5.49. The molecule has 2 aromatic rings. The number of hydrogen-bond acceptors (Lipinski definition) is 4. The molecular formula is C20H21F3N4O. The number of amides is 1. The second-order valence-electron chi connectivity index (χ2n) is 7.38. The summed E-state index contributed by atoms with van der Waals surface area (Å²) >= 11 is 0. The van der Waals surface area contributed by atoms with Crippen molar-refractivity contribution in [2.45, 2.75) is 31.4 Å². The van der Waals surface area contributed by atoms with E-state index in [4.69, 9.17) is 0 Å². The van der Waals surface area contributed by atoms with E-state index < -0.39 is 17.3 Å². The minimum Gasteiger partial charge on any atom is -0.353 e. The van der Waals surface area contributed by atoms with E-state index in [0.717, 1.165) is 24.5 Å². The predicted molar refractivity (Wildman–Crippen MR) is 97.9 cm³/mol. The first kappa shape index (κ1) is 18.7. The topological polar surface area (TPSA) is 49.3 Å². The first-order valence-corrected chi connectivity index (χ1v) is 9.32. The number of aryl methyl sites for hydroxylation is 1. The van der Waals surface area contributed by atoms with Crippen LogP contribution in [-0.2, 0) is 16.4 Å². The molecule has 2 heterocycles. The number of aromatic nitrogens is 2. The van der Waals surface area contributed by atoms with Crippen LogP contribution in [0.1, 0.15) is 29.9 Å². The molecule has 2 fully saturated rings. The van der Waals surface area contributed by atoms with Gasteiger partial charge in [0.05, 0.1) is 5.41 Å². The zero-order chi connectivity index (χ0) is 19.9. The molecule has 2 aliphatic rings. The maximum Gasteiger partial charge on any atom is 0.433 e. The predicted octanol–water partition coefficient (Wildman–Crippen LogP) is 3.18. The number of carbonyl (C=O) groups excluding carboxylic acids is 1. The van der Waals surface area contributed by atoms with Crippen LogP contribution in [0.5, 0.6) is 0 Å². The molecule has 0 N–H and O–H groups in total. The van der Waals surface area contributed by atoms with Crippen molar-refractivity contribution >= 4 is 11.7 Å². The highest BCUT2D eigenvalue weighted by atomic mass is 19.4. The minimum absolute atomic E-state index is 0.0874. The van der Waals surface area contributed by atoms with Gasteiger partial charge in [-0.1, -0.05) is 30.3 Å². The highest BCUT2D eigenvalue weighted by Gasteiger charge is 2.53. The molecule has 8 heteroatoms. The fraction of sp³-hybridized carbons (Fsp3) is 0.450. The van der Waals surface area contributed by atoms with E-state index in [9.17, 15) is 18.0 Å². The Hall–Kier alpha value is -2.64. The number of hydrogen-bond donors (Lipinski definition) is 0. The van der Waals surface area contributed by atoms with Crippen LogP contribution < -0.4 is 4.90 Å². The fourth-order valence-corrected chi connectivity index (χ4v) is 3.81. The maximum atomic E-state index is 13.1. The number of piperazine rings is 1. The molecule has 1 aromatic carbocycles. The molecule has 1 aliphatic heterocycles. The zero-order valence-electron chi connectivity index (χ0n) is 15.5. The highest BCUT2D eigenvalue weighted by molar-refractivity contribution is 5.91. The number of rotatable bonds is 3. The first-order chi connectivity index (χ1) is 13.3. The molecule has 0 unspecified atom stereocenters. The molecule has 1 amide bonds. The van der Waals surface area contributed by atoms with Crippen LogP contribution in [0.15, 0.2) is 36.4 Å². The second-order valence-corrected chi connectivity index (χ2v) is 7.38. The van der Waals surface area contributed by atoms with Crippen LogP contribution in [-0.4, -0.2) is 47.0 Å². The summed E-state index contributed by atoms with van der Waals surface area (Å²) in [7, 11) is 0.